The number of hydrogen-bond acceptors (Lipinski definition) is 2. The lowest BCUT2D eigenvalue weighted by Gasteiger charge is -2.13. The molecule has 1 N–H and O–H groups in total. The second kappa shape index (κ2) is 6.03. The Hall–Kier alpha value is -1.32. The van der Waals surface area contributed by atoms with Crippen molar-refractivity contribution in [2.45, 2.75) is 52.0 Å². The fraction of sp³-hybridized carbons (Fsp3) is 0.714. The summed E-state index contributed by atoms with van der Waals surface area (Å²) < 4.78 is 2.17. The van der Waals surface area contributed by atoms with Gasteiger partial charge in [0, 0.05) is 37.3 Å². The Morgan fingerprint density at radius 2 is 2.22 bits per heavy atom. The van der Waals surface area contributed by atoms with Crippen LogP contribution in [0, 0.1) is 5.92 Å². The molecule has 1 heterocycles. The van der Waals surface area contributed by atoms with Crippen LogP contribution in [0.4, 0.5) is 0 Å². The zero-order chi connectivity index (χ0) is 13.0. The third kappa shape index (κ3) is 3.12. The molecule has 4 nitrogen and oxygen atoms in total. The monoisotopic (exact) mass is 249 g/mol. The van der Waals surface area contributed by atoms with Gasteiger partial charge in [-0.05, 0) is 25.7 Å². The van der Waals surface area contributed by atoms with E-state index in [1.54, 1.807) is 0 Å². The maximum absolute atomic E-state index is 11.8. The van der Waals surface area contributed by atoms with Crippen LogP contribution in [-0.2, 0) is 11.3 Å². The van der Waals surface area contributed by atoms with E-state index in [4.69, 9.17) is 0 Å². The van der Waals surface area contributed by atoms with Crippen LogP contribution in [0.2, 0.25) is 0 Å². The highest BCUT2D eigenvalue weighted by atomic mass is 16.1. The minimum atomic E-state index is 0.163. The highest BCUT2D eigenvalue weighted by Crippen LogP contribution is 2.38. The number of carbonyl (C=O) groups is 1. The Morgan fingerprint density at radius 1 is 1.50 bits per heavy atom. The average molecular weight is 249 g/mol. The van der Waals surface area contributed by atoms with E-state index < -0.39 is 0 Å². The second-order valence-electron chi connectivity index (χ2n) is 5.06. The molecule has 1 saturated carbocycles. The third-order valence-corrected chi connectivity index (χ3v) is 3.70. The van der Waals surface area contributed by atoms with Crippen molar-refractivity contribution in [3.63, 3.8) is 0 Å². The van der Waals surface area contributed by atoms with Crippen molar-refractivity contribution in [3.05, 3.63) is 18.2 Å². The highest BCUT2D eigenvalue weighted by Gasteiger charge is 2.27. The summed E-state index contributed by atoms with van der Waals surface area (Å²) in [5.74, 6) is 2.20. The summed E-state index contributed by atoms with van der Waals surface area (Å²) in [4.78, 5) is 16.2. The van der Waals surface area contributed by atoms with Crippen molar-refractivity contribution >= 4 is 5.91 Å². The van der Waals surface area contributed by atoms with Gasteiger partial charge < -0.3 is 9.88 Å². The fourth-order valence-corrected chi connectivity index (χ4v) is 2.31. The topological polar surface area (TPSA) is 46.9 Å². The summed E-state index contributed by atoms with van der Waals surface area (Å²) in [6, 6.07) is 0. The molecule has 2 rings (SSSR count). The zero-order valence-corrected chi connectivity index (χ0v) is 11.4. The van der Waals surface area contributed by atoms with E-state index in [0.29, 0.717) is 12.5 Å². The maximum atomic E-state index is 11.8. The van der Waals surface area contributed by atoms with Gasteiger partial charge in [0.25, 0.3) is 0 Å². The first-order valence-electron chi connectivity index (χ1n) is 7.05. The molecule has 18 heavy (non-hydrogen) atoms. The number of amides is 1. The number of nitrogens with zero attached hydrogens (tertiary/aromatic N) is 2. The SMILES string of the molecule is CCC(CC)C(=O)NCCn1ccnc1C1CC1. The van der Waals surface area contributed by atoms with E-state index in [1.165, 1.54) is 18.7 Å². The van der Waals surface area contributed by atoms with Gasteiger partial charge in [-0.15, -0.1) is 0 Å². The quantitative estimate of drug-likeness (QED) is 0.806. The number of imidazole rings is 1. The van der Waals surface area contributed by atoms with Crippen LogP contribution in [0.1, 0.15) is 51.3 Å². The summed E-state index contributed by atoms with van der Waals surface area (Å²) >= 11 is 0. The summed E-state index contributed by atoms with van der Waals surface area (Å²) in [7, 11) is 0. The normalized spacial score (nSPS) is 15.1. The van der Waals surface area contributed by atoms with Crippen LogP contribution in [0.3, 0.4) is 0 Å². The van der Waals surface area contributed by atoms with Crippen molar-refractivity contribution in [1.29, 1.82) is 0 Å². The van der Waals surface area contributed by atoms with Gasteiger partial charge in [0.15, 0.2) is 0 Å². The smallest absolute Gasteiger partial charge is 0.223 e. The predicted molar refractivity (Wildman–Crippen MR) is 71.3 cm³/mol. The van der Waals surface area contributed by atoms with Gasteiger partial charge in [0.2, 0.25) is 5.91 Å². The molecule has 0 aliphatic heterocycles. The molecule has 0 spiro atoms. The van der Waals surface area contributed by atoms with Crippen LogP contribution < -0.4 is 5.32 Å². The molecule has 4 heteroatoms. The molecule has 1 aliphatic rings. The highest BCUT2D eigenvalue weighted by molar-refractivity contribution is 5.78. The number of hydrogen-bond donors (Lipinski definition) is 1. The molecule has 0 atom stereocenters. The molecule has 0 radical (unpaired) electrons. The van der Waals surface area contributed by atoms with E-state index in [2.05, 4.69) is 28.7 Å². The Bertz CT molecular complexity index is 391. The van der Waals surface area contributed by atoms with Crippen LogP contribution in [0.15, 0.2) is 12.4 Å². The van der Waals surface area contributed by atoms with Crippen molar-refractivity contribution < 1.29 is 4.79 Å². The van der Waals surface area contributed by atoms with E-state index in [1.807, 2.05) is 12.4 Å². The minimum Gasteiger partial charge on any atom is -0.354 e. The van der Waals surface area contributed by atoms with E-state index in [9.17, 15) is 4.79 Å². The minimum absolute atomic E-state index is 0.163. The molecule has 1 aliphatic carbocycles. The lowest BCUT2D eigenvalue weighted by Crippen LogP contribution is -2.32. The van der Waals surface area contributed by atoms with Gasteiger partial charge in [-0.25, -0.2) is 4.98 Å². The van der Waals surface area contributed by atoms with Crippen LogP contribution in [-0.4, -0.2) is 22.0 Å². The molecule has 0 unspecified atom stereocenters. The first-order chi connectivity index (χ1) is 8.76. The molecule has 0 aromatic carbocycles. The summed E-state index contributed by atoms with van der Waals surface area (Å²) in [5, 5.41) is 3.02. The fourth-order valence-electron chi connectivity index (χ4n) is 2.31. The lowest BCUT2D eigenvalue weighted by molar-refractivity contribution is -0.125. The maximum Gasteiger partial charge on any atom is 0.223 e. The van der Waals surface area contributed by atoms with Crippen molar-refractivity contribution in [2.24, 2.45) is 5.92 Å². The summed E-state index contributed by atoms with van der Waals surface area (Å²) in [6.07, 6.45) is 8.23. The molecule has 0 bridgehead atoms. The largest absolute Gasteiger partial charge is 0.354 e. The Morgan fingerprint density at radius 3 is 2.83 bits per heavy atom. The lowest BCUT2D eigenvalue weighted by atomic mass is 10.0. The molecular formula is C14H23N3O. The van der Waals surface area contributed by atoms with Gasteiger partial charge in [0.05, 0.1) is 0 Å². The molecule has 1 fully saturated rings. The zero-order valence-electron chi connectivity index (χ0n) is 11.4. The summed E-state index contributed by atoms with van der Waals surface area (Å²) in [5.41, 5.74) is 0. The molecule has 1 aromatic rings. The van der Waals surface area contributed by atoms with Crippen LogP contribution in [0.25, 0.3) is 0 Å². The Kier molecular flexibility index (Phi) is 4.39. The first kappa shape index (κ1) is 13.1. The molecular weight excluding hydrogens is 226 g/mol. The second-order valence-corrected chi connectivity index (χ2v) is 5.06. The standard InChI is InChI=1S/C14H23N3O/c1-3-11(4-2)14(18)16-8-10-17-9-7-15-13(17)12-5-6-12/h7,9,11-12H,3-6,8,10H2,1-2H3,(H,16,18). The van der Waals surface area contributed by atoms with Gasteiger partial charge >= 0.3 is 0 Å². The average Bonchev–Trinajstić information content (AvgIpc) is 3.11. The Balaban J connectivity index is 1.77. The van der Waals surface area contributed by atoms with Gasteiger partial charge in [-0.2, -0.15) is 0 Å². The predicted octanol–water partition coefficient (Wildman–Crippen LogP) is 2.31. The summed E-state index contributed by atoms with van der Waals surface area (Å²) in [6.45, 7) is 5.66. The van der Waals surface area contributed by atoms with Crippen molar-refractivity contribution in [3.8, 4) is 0 Å². The van der Waals surface area contributed by atoms with Gasteiger partial charge in [-0.3, -0.25) is 4.79 Å². The van der Waals surface area contributed by atoms with Gasteiger partial charge in [0.1, 0.15) is 5.82 Å². The van der Waals surface area contributed by atoms with Crippen LogP contribution in [0.5, 0.6) is 0 Å². The first-order valence-corrected chi connectivity index (χ1v) is 7.05. The molecule has 100 valence electrons. The molecule has 1 amide bonds. The number of rotatable bonds is 7. The van der Waals surface area contributed by atoms with Crippen molar-refractivity contribution in [2.75, 3.05) is 6.54 Å². The molecule has 1 aromatic heterocycles. The van der Waals surface area contributed by atoms with Gasteiger partial charge in [-0.1, -0.05) is 13.8 Å². The van der Waals surface area contributed by atoms with Crippen molar-refractivity contribution in [1.82, 2.24) is 14.9 Å². The van der Waals surface area contributed by atoms with Crippen LogP contribution >= 0.6 is 0 Å². The number of nitrogens with one attached hydrogen (secondary N) is 1. The molecule has 0 saturated heterocycles. The number of carbonyl (C=O) groups excluding carboxylic acids is 1. The van der Waals surface area contributed by atoms with E-state index in [0.717, 1.165) is 19.4 Å². The van der Waals surface area contributed by atoms with E-state index in [-0.39, 0.29) is 11.8 Å². The Labute approximate surface area is 109 Å². The van der Waals surface area contributed by atoms with E-state index >= 15 is 0 Å². The number of aromatic nitrogens is 2. The third-order valence-electron chi connectivity index (χ3n) is 3.70.